The van der Waals surface area contributed by atoms with Gasteiger partial charge in [-0.2, -0.15) is 0 Å². The van der Waals surface area contributed by atoms with Crippen molar-refractivity contribution < 1.29 is 20.1 Å². The van der Waals surface area contributed by atoms with Gasteiger partial charge in [0.25, 0.3) is 0 Å². The number of aliphatic hydroxyl groups is 2. The van der Waals surface area contributed by atoms with Crippen LogP contribution in [0.1, 0.15) is 32.1 Å². The van der Waals surface area contributed by atoms with Crippen molar-refractivity contribution >= 4 is 5.97 Å². The lowest BCUT2D eigenvalue weighted by Crippen LogP contribution is -2.43. The van der Waals surface area contributed by atoms with Gasteiger partial charge in [0.05, 0.1) is 6.42 Å². The van der Waals surface area contributed by atoms with Gasteiger partial charge in [-0.05, 0) is 19.3 Å². The summed E-state index contributed by atoms with van der Waals surface area (Å²) in [5.41, 5.74) is -1.50. The fourth-order valence-electron chi connectivity index (χ4n) is 1.70. The molecule has 0 spiro atoms. The maximum absolute atomic E-state index is 10.5. The maximum atomic E-state index is 10.5. The largest absolute Gasteiger partial charge is 0.481 e. The van der Waals surface area contributed by atoms with Crippen LogP contribution in [0.4, 0.5) is 0 Å². The molecule has 1 aliphatic carbocycles. The molecule has 4 nitrogen and oxygen atoms in total. The van der Waals surface area contributed by atoms with Crippen LogP contribution < -0.4 is 0 Å². The number of allylic oxidation sites excluding steroid dienone is 1. The van der Waals surface area contributed by atoms with E-state index < -0.39 is 24.1 Å². The van der Waals surface area contributed by atoms with Gasteiger partial charge in [0.2, 0.25) is 0 Å². The van der Waals surface area contributed by atoms with Crippen LogP contribution in [0.3, 0.4) is 0 Å². The summed E-state index contributed by atoms with van der Waals surface area (Å²) in [6, 6.07) is 0. The van der Waals surface area contributed by atoms with Gasteiger partial charge in [0, 0.05) is 0 Å². The highest BCUT2D eigenvalue weighted by Gasteiger charge is 2.36. The predicted octanol–water partition coefficient (Wildman–Crippen LogP) is 0.683. The van der Waals surface area contributed by atoms with Gasteiger partial charge in [-0.15, -0.1) is 0 Å². The van der Waals surface area contributed by atoms with Crippen molar-refractivity contribution in [2.45, 2.75) is 43.8 Å². The highest BCUT2D eigenvalue weighted by molar-refractivity contribution is 5.68. The van der Waals surface area contributed by atoms with Gasteiger partial charge in [-0.25, -0.2) is 0 Å². The summed E-state index contributed by atoms with van der Waals surface area (Å²) >= 11 is 0. The van der Waals surface area contributed by atoms with E-state index in [-0.39, 0.29) is 0 Å². The van der Waals surface area contributed by atoms with Crippen LogP contribution in [0.25, 0.3) is 0 Å². The summed E-state index contributed by atoms with van der Waals surface area (Å²) in [5, 5.41) is 28.1. The Hall–Kier alpha value is -0.870. The third-order valence-electron chi connectivity index (χ3n) is 2.56. The van der Waals surface area contributed by atoms with Crippen LogP contribution >= 0.6 is 0 Å². The first-order valence-electron chi connectivity index (χ1n) is 4.83. The van der Waals surface area contributed by atoms with Crippen molar-refractivity contribution in [3.05, 3.63) is 12.2 Å². The maximum Gasteiger partial charge on any atom is 0.306 e. The minimum Gasteiger partial charge on any atom is -0.481 e. The Morgan fingerprint density at radius 3 is 2.86 bits per heavy atom. The van der Waals surface area contributed by atoms with Crippen LogP contribution in [-0.4, -0.2) is 33.0 Å². The number of hydrogen-bond acceptors (Lipinski definition) is 3. The lowest BCUT2D eigenvalue weighted by atomic mass is 9.85. The molecule has 0 aromatic carbocycles. The number of hydrogen-bond donors (Lipinski definition) is 3. The Bertz CT molecular complexity index is 236. The van der Waals surface area contributed by atoms with E-state index in [1.54, 1.807) is 6.08 Å². The van der Waals surface area contributed by atoms with Crippen molar-refractivity contribution in [3.8, 4) is 0 Å². The molecule has 1 aliphatic rings. The van der Waals surface area contributed by atoms with Crippen LogP contribution in [0, 0.1) is 0 Å². The second kappa shape index (κ2) is 4.57. The summed E-state index contributed by atoms with van der Waals surface area (Å²) in [5.74, 6) is -1.08. The Labute approximate surface area is 82.9 Å². The fourth-order valence-corrected chi connectivity index (χ4v) is 1.70. The molecule has 0 aliphatic heterocycles. The van der Waals surface area contributed by atoms with Gasteiger partial charge in [0.15, 0.2) is 0 Å². The first-order valence-corrected chi connectivity index (χ1v) is 4.83. The molecule has 2 unspecified atom stereocenters. The highest BCUT2D eigenvalue weighted by atomic mass is 16.4. The number of carboxylic acids is 1. The molecule has 0 bridgehead atoms. The third-order valence-corrected chi connectivity index (χ3v) is 2.56. The molecule has 1 rings (SSSR count). The quantitative estimate of drug-likeness (QED) is 0.573. The number of rotatable bonds is 2. The molecule has 4 heteroatoms. The second-order valence-corrected chi connectivity index (χ2v) is 3.79. The Morgan fingerprint density at radius 2 is 2.21 bits per heavy atom. The second-order valence-electron chi connectivity index (χ2n) is 3.79. The fraction of sp³-hybridized carbons (Fsp3) is 0.700. The van der Waals surface area contributed by atoms with Gasteiger partial charge >= 0.3 is 5.97 Å². The molecular weight excluding hydrogens is 184 g/mol. The summed E-state index contributed by atoms with van der Waals surface area (Å²) < 4.78 is 0. The molecule has 14 heavy (non-hydrogen) atoms. The SMILES string of the molecule is O=C(O)CC1(O)CCCC/C=C\C1O. The standard InChI is InChI=1S/C10H16O4/c11-8-5-3-1-2-4-6-10(8,14)7-9(12)13/h3,5,8,11,14H,1-2,4,6-7H2,(H,12,13)/b5-3-. The van der Waals surface area contributed by atoms with Gasteiger partial charge in [-0.1, -0.05) is 18.6 Å². The molecule has 0 heterocycles. The number of carbonyl (C=O) groups is 1. The van der Waals surface area contributed by atoms with Gasteiger partial charge in [-0.3, -0.25) is 4.79 Å². The van der Waals surface area contributed by atoms with E-state index in [1.165, 1.54) is 6.08 Å². The molecule has 0 aromatic rings. The average molecular weight is 200 g/mol. The smallest absolute Gasteiger partial charge is 0.306 e. The molecular formula is C10H16O4. The normalized spacial score (nSPS) is 35.7. The molecule has 2 atom stereocenters. The number of carboxylic acid groups (broad SMARTS) is 1. The minimum atomic E-state index is -1.50. The summed E-state index contributed by atoms with van der Waals surface area (Å²) in [7, 11) is 0. The van der Waals surface area contributed by atoms with Crippen molar-refractivity contribution in [2.24, 2.45) is 0 Å². The lowest BCUT2D eigenvalue weighted by Gasteiger charge is -2.31. The Balaban J connectivity index is 2.74. The number of aliphatic hydroxyl groups excluding tert-OH is 1. The Kier molecular flexibility index (Phi) is 3.66. The van der Waals surface area contributed by atoms with E-state index in [0.717, 1.165) is 19.3 Å². The molecule has 0 aromatic heterocycles. The van der Waals surface area contributed by atoms with E-state index >= 15 is 0 Å². The topological polar surface area (TPSA) is 77.8 Å². The van der Waals surface area contributed by atoms with E-state index in [2.05, 4.69) is 0 Å². The van der Waals surface area contributed by atoms with Gasteiger partial charge in [0.1, 0.15) is 11.7 Å². The van der Waals surface area contributed by atoms with Crippen LogP contribution in [0.5, 0.6) is 0 Å². The Morgan fingerprint density at radius 1 is 1.50 bits per heavy atom. The summed E-state index contributed by atoms with van der Waals surface area (Å²) in [6.07, 6.45) is 4.68. The van der Waals surface area contributed by atoms with Crippen LogP contribution in [0.2, 0.25) is 0 Å². The van der Waals surface area contributed by atoms with Crippen LogP contribution in [-0.2, 0) is 4.79 Å². The van der Waals surface area contributed by atoms with Gasteiger partial charge < -0.3 is 15.3 Å². The molecule has 0 saturated heterocycles. The van der Waals surface area contributed by atoms with E-state index in [1.807, 2.05) is 0 Å². The highest BCUT2D eigenvalue weighted by Crippen LogP contribution is 2.26. The van der Waals surface area contributed by atoms with Crippen molar-refractivity contribution in [3.63, 3.8) is 0 Å². The predicted molar refractivity (Wildman–Crippen MR) is 50.8 cm³/mol. The molecule has 80 valence electrons. The van der Waals surface area contributed by atoms with E-state index in [9.17, 15) is 15.0 Å². The zero-order valence-corrected chi connectivity index (χ0v) is 8.02. The lowest BCUT2D eigenvalue weighted by molar-refractivity contribution is -0.147. The molecule has 0 radical (unpaired) electrons. The first kappa shape index (κ1) is 11.2. The number of aliphatic carboxylic acids is 1. The van der Waals surface area contributed by atoms with E-state index in [4.69, 9.17) is 5.11 Å². The molecule has 0 saturated carbocycles. The zero-order chi connectivity index (χ0) is 10.6. The molecule has 0 amide bonds. The van der Waals surface area contributed by atoms with E-state index in [0.29, 0.717) is 6.42 Å². The third kappa shape index (κ3) is 2.82. The van der Waals surface area contributed by atoms with Crippen molar-refractivity contribution in [1.29, 1.82) is 0 Å². The van der Waals surface area contributed by atoms with Crippen molar-refractivity contribution in [2.75, 3.05) is 0 Å². The summed E-state index contributed by atoms with van der Waals surface area (Å²) in [6.45, 7) is 0. The first-order chi connectivity index (χ1) is 6.54. The minimum absolute atomic E-state index is 0.338. The van der Waals surface area contributed by atoms with Crippen molar-refractivity contribution in [1.82, 2.24) is 0 Å². The monoisotopic (exact) mass is 200 g/mol. The average Bonchev–Trinajstić information content (AvgIpc) is 2.07. The summed E-state index contributed by atoms with van der Waals surface area (Å²) in [4.78, 5) is 10.5. The zero-order valence-electron chi connectivity index (χ0n) is 8.02. The molecule has 0 fully saturated rings. The van der Waals surface area contributed by atoms with Crippen LogP contribution in [0.15, 0.2) is 12.2 Å². The molecule has 3 N–H and O–H groups in total.